The standard InChI is InChI=1S/C9H8FN3S/c10-9-2-1-7(3-12-9)11-4-8-5-14-6-13-8/h1-3,5-6,11H,4H2. The summed E-state index contributed by atoms with van der Waals surface area (Å²) in [7, 11) is 0. The maximum atomic E-state index is 12.5. The molecule has 72 valence electrons. The third-order valence-electron chi connectivity index (χ3n) is 1.68. The molecule has 0 aliphatic heterocycles. The first-order valence-corrected chi connectivity index (χ1v) is 5.01. The minimum absolute atomic E-state index is 0.468. The summed E-state index contributed by atoms with van der Waals surface area (Å²) >= 11 is 1.55. The molecule has 3 nitrogen and oxygen atoms in total. The van der Waals surface area contributed by atoms with Crippen molar-refractivity contribution in [2.75, 3.05) is 5.32 Å². The monoisotopic (exact) mass is 209 g/mol. The van der Waals surface area contributed by atoms with Crippen molar-refractivity contribution in [3.63, 3.8) is 0 Å². The molecule has 0 unspecified atom stereocenters. The Kier molecular flexibility index (Phi) is 2.69. The van der Waals surface area contributed by atoms with E-state index in [0.717, 1.165) is 11.4 Å². The lowest BCUT2D eigenvalue weighted by molar-refractivity contribution is 0.584. The Balaban J connectivity index is 1.95. The minimum atomic E-state index is -0.468. The second-order valence-electron chi connectivity index (χ2n) is 2.70. The molecule has 0 atom stereocenters. The molecule has 14 heavy (non-hydrogen) atoms. The topological polar surface area (TPSA) is 37.8 Å². The second kappa shape index (κ2) is 4.15. The van der Waals surface area contributed by atoms with Gasteiger partial charge in [0, 0.05) is 5.38 Å². The molecule has 0 amide bonds. The lowest BCUT2D eigenvalue weighted by Gasteiger charge is -2.02. The number of hydrogen-bond acceptors (Lipinski definition) is 4. The van der Waals surface area contributed by atoms with E-state index in [1.807, 2.05) is 5.38 Å². The van der Waals surface area contributed by atoms with Gasteiger partial charge in [0.25, 0.3) is 0 Å². The molecular weight excluding hydrogens is 201 g/mol. The van der Waals surface area contributed by atoms with Crippen LogP contribution in [0.5, 0.6) is 0 Å². The molecule has 1 N–H and O–H groups in total. The number of aromatic nitrogens is 2. The van der Waals surface area contributed by atoms with Gasteiger partial charge in [-0.25, -0.2) is 9.97 Å². The summed E-state index contributed by atoms with van der Waals surface area (Å²) in [4.78, 5) is 7.64. The van der Waals surface area contributed by atoms with Crippen LogP contribution in [-0.4, -0.2) is 9.97 Å². The third-order valence-corrected chi connectivity index (χ3v) is 2.32. The van der Waals surface area contributed by atoms with E-state index in [4.69, 9.17) is 0 Å². The molecular formula is C9H8FN3S. The van der Waals surface area contributed by atoms with Crippen molar-refractivity contribution in [2.24, 2.45) is 0 Å². The van der Waals surface area contributed by atoms with E-state index >= 15 is 0 Å². The number of halogens is 1. The summed E-state index contributed by atoms with van der Waals surface area (Å²) in [6.45, 7) is 0.636. The number of hydrogen-bond donors (Lipinski definition) is 1. The zero-order valence-corrected chi connectivity index (χ0v) is 8.09. The summed E-state index contributed by atoms with van der Waals surface area (Å²) < 4.78 is 12.5. The molecule has 2 rings (SSSR count). The highest BCUT2D eigenvalue weighted by Crippen LogP contribution is 2.08. The van der Waals surface area contributed by atoms with Gasteiger partial charge in [0.05, 0.1) is 29.6 Å². The Bertz CT molecular complexity index is 385. The number of nitrogens with zero attached hydrogens (tertiary/aromatic N) is 2. The van der Waals surface area contributed by atoms with Crippen molar-refractivity contribution in [3.05, 3.63) is 40.9 Å². The smallest absolute Gasteiger partial charge is 0.212 e. The Morgan fingerprint density at radius 3 is 2.93 bits per heavy atom. The van der Waals surface area contributed by atoms with Crippen molar-refractivity contribution in [1.82, 2.24) is 9.97 Å². The Labute approximate surface area is 84.6 Å². The number of anilines is 1. The maximum Gasteiger partial charge on any atom is 0.212 e. The average Bonchev–Trinajstić information content (AvgIpc) is 2.70. The molecule has 2 heterocycles. The van der Waals surface area contributed by atoms with E-state index in [1.54, 1.807) is 22.9 Å². The lowest BCUT2D eigenvalue weighted by Crippen LogP contribution is -1.99. The maximum absolute atomic E-state index is 12.5. The average molecular weight is 209 g/mol. The van der Waals surface area contributed by atoms with E-state index in [0.29, 0.717) is 6.54 Å². The van der Waals surface area contributed by atoms with Gasteiger partial charge in [0.1, 0.15) is 0 Å². The zero-order chi connectivity index (χ0) is 9.80. The first kappa shape index (κ1) is 9.08. The highest BCUT2D eigenvalue weighted by Gasteiger charge is 1.96. The number of pyridine rings is 1. The van der Waals surface area contributed by atoms with Gasteiger partial charge < -0.3 is 5.32 Å². The molecule has 2 aromatic rings. The molecule has 0 aromatic carbocycles. The van der Waals surface area contributed by atoms with E-state index in [2.05, 4.69) is 15.3 Å². The van der Waals surface area contributed by atoms with Gasteiger partial charge >= 0.3 is 0 Å². The van der Waals surface area contributed by atoms with Gasteiger partial charge in [-0.15, -0.1) is 11.3 Å². The van der Waals surface area contributed by atoms with Crippen molar-refractivity contribution >= 4 is 17.0 Å². The third kappa shape index (κ3) is 2.26. The summed E-state index contributed by atoms with van der Waals surface area (Å²) in [6.07, 6.45) is 1.46. The molecule has 0 radical (unpaired) electrons. The van der Waals surface area contributed by atoms with E-state index < -0.39 is 5.95 Å². The number of rotatable bonds is 3. The van der Waals surface area contributed by atoms with E-state index in [1.165, 1.54) is 12.3 Å². The van der Waals surface area contributed by atoms with Crippen LogP contribution in [0.3, 0.4) is 0 Å². The fourth-order valence-electron chi connectivity index (χ4n) is 0.998. The second-order valence-corrected chi connectivity index (χ2v) is 3.42. The molecule has 0 bridgehead atoms. The number of thiazole rings is 1. The molecule has 0 saturated carbocycles. The fraction of sp³-hybridized carbons (Fsp3) is 0.111. The Hall–Kier alpha value is -1.49. The van der Waals surface area contributed by atoms with Crippen molar-refractivity contribution in [1.29, 1.82) is 0 Å². The van der Waals surface area contributed by atoms with Crippen LogP contribution in [0.2, 0.25) is 0 Å². The molecule has 0 aliphatic carbocycles. The van der Waals surface area contributed by atoms with Gasteiger partial charge in [0.2, 0.25) is 5.95 Å². The van der Waals surface area contributed by atoms with Crippen molar-refractivity contribution < 1.29 is 4.39 Å². The first-order valence-electron chi connectivity index (χ1n) is 4.07. The van der Waals surface area contributed by atoms with Gasteiger partial charge in [0.15, 0.2) is 0 Å². The fourth-order valence-corrected chi connectivity index (χ4v) is 1.56. The quantitative estimate of drug-likeness (QED) is 0.788. The summed E-state index contributed by atoms with van der Waals surface area (Å²) in [5, 5.41) is 5.05. The van der Waals surface area contributed by atoms with Gasteiger partial charge in [-0.1, -0.05) is 0 Å². The van der Waals surface area contributed by atoms with Crippen LogP contribution in [-0.2, 0) is 6.54 Å². The summed E-state index contributed by atoms with van der Waals surface area (Å²) in [6, 6.07) is 2.97. The minimum Gasteiger partial charge on any atom is -0.378 e. The summed E-state index contributed by atoms with van der Waals surface area (Å²) in [5.41, 5.74) is 3.54. The lowest BCUT2D eigenvalue weighted by atomic mass is 10.4. The first-order chi connectivity index (χ1) is 6.84. The normalized spacial score (nSPS) is 10.1. The summed E-state index contributed by atoms with van der Waals surface area (Å²) in [5.74, 6) is -0.468. The van der Waals surface area contributed by atoms with Gasteiger partial charge in [-0.05, 0) is 12.1 Å². The van der Waals surface area contributed by atoms with Gasteiger partial charge in [-0.2, -0.15) is 4.39 Å². The van der Waals surface area contributed by atoms with Crippen LogP contribution in [0.15, 0.2) is 29.2 Å². The van der Waals surface area contributed by atoms with Crippen molar-refractivity contribution in [2.45, 2.75) is 6.54 Å². The molecule has 0 spiro atoms. The molecule has 0 saturated heterocycles. The van der Waals surface area contributed by atoms with Crippen LogP contribution in [0.25, 0.3) is 0 Å². The van der Waals surface area contributed by atoms with Crippen LogP contribution in [0, 0.1) is 5.95 Å². The van der Waals surface area contributed by atoms with Crippen LogP contribution < -0.4 is 5.32 Å². The predicted octanol–water partition coefficient (Wildman–Crippen LogP) is 2.29. The van der Waals surface area contributed by atoms with E-state index in [9.17, 15) is 4.39 Å². The largest absolute Gasteiger partial charge is 0.378 e. The number of nitrogens with one attached hydrogen (secondary N) is 1. The molecule has 0 aliphatic rings. The van der Waals surface area contributed by atoms with Gasteiger partial charge in [-0.3, -0.25) is 0 Å². The van der Waals surface area contributed by atoms with Crippen molar-refractivity contribution in [3.8, 4) is 0 Å². The Morgan fingerprint density at radius 2 is 2.29 bits per heavy atom. The van der Waals surface area contributed by atoms with E-state index in [-0.39, 0.29) is 0 Å². The zero-order valence-electron chi connectivity index (χ0n) is 7.27. The Morgan fingerprint density at radius 1 is 1.36 bits per heavy atom. The molecule has 0 fully saturated rings. The highest BCUT2D eigenvalue weighted by atomic mass is 32.1. The molecule has 2 aromatic heterocycles. The van der Waals surface area contributed by atoms with Crippen LogP contribution in [0.1, 0.15) is 5.69 Å². The highest BCUT2D eigenvalue weighted by molar-refractivity contribution is 7.07. The van der Waals surface area contributed by atoms with Crippen LogP contribution in [0.4, 0.5) is 10.1 Å². The SMILES string of the molecule is Fc1ccc(NCc2cscn2)cn1. The van der Waals surface area contributed by atoms with Crippen LogP contribution >= 0.6 is 11.3 Å². The predicted molar refractivity (Wildman–Crippen MR) is 53.6 cm³/mol. The molecule has 5 heteroatoms.